The third-order valence-electron chi connectivity index (χ3n) is 5.40. The number of fused-ring (bicyclic) bond motifs is 1. The first-order valence-corrected chi connectivity index (χ1v) is 10.6. The molecule has 0 radical (unpaired) electrons. The number of sulfone groups is 1. The summed E-state index contributed by atoms with van der Waals surface area (Å²) in [7, 11) is -2.92. The van der Waals surface area contributed by atoms with Crippen molar-refractivity contribution in [2.45, 2.75) is 64.5 Å². The molecule has 3 rings (SSSR count). The van der Waals surface area contributed by atoms with Crippen LogP contribution in [0, 0.1) is 5.92 Å². The topological polar surface area (TPSA) is 81.1 Å². The molecule has 1 aromatic heterocycles. The van der Waals surface area contributed by atoms with Crippen LogP contribution in [0.4, 0.5) is 0 Å². The van der Waals surface area contributed by atoms with E-state index in [-0.39, 0.29) is 29.4 Å². The van der Waals surface area contributed by atoms with Gasteiger partial charge in [-0.3, -0.25) is 9.48 Å². The number of hydrogen-bond donors (Lipinski definition) is 1. The molecule has 2 aliphatic rings. The van der Waals surface area contributed by atoms with Gasteiger partial charge >= 0.3 is 0 Å². The molecule has 7 heteroatoms. The molecule has 0 saturated carbocycles. The van der Waals surface area contributed by atoms with E-state index in [2.05, 4.69) is 24.3 Å². The SMILES string of the molecule is CC(C)n1ncc2c1CC(C(=O)NC1(C)CCS(=O)(=O)CC1)CC2. The Morgan fingerprint density at radius 1 is 1.38 bits per heavy atom. The van der Waals surface area contributed by atoms with Crippen LogP contribution in [0.25, 0.3) is 0 Å². The molecule has 0 bridgehead atoms. The lowest BCUT2D eigenvalue weighted by Crippen LogP contribution is -2.53. The van der Waals surface area contributed by atoms with Crippen molar-refractivity contribution in [3.63, 3.8) is 0 Å². The highest BCUT2D eigenvalue weighted by atomic mass is 32.2. The van der Waals surface area contributed by atoms with Crippen LogP contribution in [-0.4, -0.2) is 41.2 Å². The van der Waals surface area contributed by atoms with E-state index in [1.807, 2.05) is 17.8 Å². The summed E-state index contributed by atoms with van der Waals surface area (Å²) in [6, 6.07) is 0.289. The number of amides is 1. The Labute approximate surface area is 143 Å². The maximum Gasteiger partial charge on any atom is 0.223 e. The molecule has 24 heavy (non-hydrogen) atoms. The van der Waals surface area contributed by atoms with E-state index in [9.17, 15) is 13.2 Å². The molecule has 1 N–H and O–H groups in total. The van der Waals surface area contributed by atoms with Crippen molar-refractivity contribution in [2.24, 2.45) is 5.92 Å². The van der Waals surface area contributed by atoms with Crippen LogP contribution >= 0.6 is 0 Å². The number of hydrogen-bond acceptors (Lipinski definition) is 4. The highest BCUT2D eigenvalue weighted by Gasteiger charge is 2.37. The van der Waals surface area contributed by atoms with Gasteiger partial charge in [0.2, 0.25) is 5.91 Å². The van der Waals surface area contributed by atoms with Gasteiger partial charge < -0.3 is 5.32 Å². The summed E-state index contributed by atoms with van der Waals surface area (Å²) in [5, 5.41) is 7.60. The molecule has 1 amide bonds. The molecule has 1 aliphatic carbocycles. The molecule has 1 aromatic rings. The molecular weight excluding hydrogens is 326 g/mol. The smallest absolute Gasteiger partial charge is 0.223 e. The Bertz CT molecular complexity index is 722. The van der Waals surface area contributed by atoms with Gasteiger partial charge in [-0.2, -0.15) is 5.10 Å². The summed E-state index contributed by atoms with van der Waals surface area (Å²) < 4.78 is 25.2. The normalized spacial score (nSPS) is 25.2. The van der Waals surface area contributed by atoms with E-state index >= 15 is 0 Å². The molecule has 2 heterocycles. The van der Waals surface area contributed by atoms with Crippen LogP contribution in [-0.2, 0) is 27.5 Å². The average molecular weight is 353 g/mol. The number of nitrogens with zero attached hydrogens (tertiary/aromatic N) is 2. The predicted octanol–water partition coefficient (Wildman–Crippen LogP) is 1.65. The molecule has 1 aliphatic heterocycles. The summed E-state index contributed by atoms with van der Waals surface area (Å²) >= 11 is 0. The first kappa shape index (κ1) is 17.5. The van der Waals surface area contributed by atoms with Crippen molar-refractivity contribution >= 4 is 15.7 Å². The minimum atomic E-state index is -2.92. The second-order valence-electron chi connectivity index (χ2n) is 7.80. The van der Waals surface area contributed by atoms with Gasteiger partial charge in [0.1, 0.15) is 9.84 Å². The zero-order valence-electron chi connectivity index (χ0n) is 14.7. The van der Waals surface area contributed by atoms with Crippen molar-refractivity contribution in [2.75, 3.05) is 11.5 Å². The van der Waals surface area contributed by atoms with Gasteiger partial charge in [0.05, 0.1) is 17.7 Å². The Hall–Kier alpha value is -1.37. The maximum atomic E-state index is 12.8. The lowest BCUT2D eigenvalue weighted by molar-refractivity contribution is -0.127. The molecule has 0 spiro atoms. The van der Waals surface area contributed by atoms with Crippen molar-refractivity contribution in [1.82, 2.24) is 15.1 Å². The first-order chi connectivity index (χ1) is 11.2. The number of carbonyl (C=O) groups excluding carboxylic acids is 1. The van der Waals surface area contributed by atoms with Gasteiger partial charge in [0.15, 0.2) is 0 Å². The maximum absolute atomic E-state index is 12.8. The summed E-state index contributed by atoms with van der Waals surface area (Å²) in [5.41, 5.74) is 2.02. The predicted molar refractivity (Wildman–Crippen MR) is 92.6 cm³/mol. The van der Waals surface area contributed by atoms with E-state index in [0.717, 1.165) is 12.8 Å². The zero-order valence-corrected chi connectivity index (χ0v) is 15.5. The second kappa shape index (κ2) is 6.17. The van der Waals surface area contributed by atoms with Gasteiger partial charge in [-0.05, 0) is 52.0 Å². The minimum absolute atomic E-state index is 0.0536. The number of rotatable bonds is 3. The Kier molecular flexibility index (Phi) is 4.49. The van der Waals surface area contributed by atoms with E-state index < -0.39 is 15.4 Å². The minimum Gasteiger partial charge on any atom is -0.351 e. The monoisotopic (exact) mass is 353 g/mol. The van der Waals surface area contributed by atoms with Crippen molar-refractivity contribution in [3.05, 3.63) is 17.5 Å². The fourth-order valence-electron chi connectivity index (χ4n) is 3.70. The quantitative estimate of drug-likeness (QED) is 0.896. The van der Waals surface area contributed by atoms with Crippen LogP contribution in [0.2, 0.25) is 0 Å². The van der Waals surface area contributed by atoms with Gasteiger partial charge in [-0.15, -0.1) is 0 Å². The van der Waals surface area contributed by atoms with Gasteiger partial charge in [0.25, 0.3) is 0 Å². The molecule has 1 saturated heterocycles. The van der Waals surface area contributed by atoms with E-state index in [1.165, 1.54) is 11.3 Å². The van der Waals surface area contributed by atoms with Gasteiger partial charge in [0, 0.05) is 29.6 Å². The summed E-state index contributed by atoms with van der Waals surface area (Å²) in [6.07, 6.45) is 5.36. The van der Waals surface area contributed by atoms with Crippen molar-refractivity contribution < 1.29 is 13.2 Å². The van der Waals surface area contributed by atoms with Crippen LogP contribution in [0.1, 0.15) is 57.3 Å². The number of aryl methyl sites for hydroxylation is 1. The number of aromatic nitrogens is 2. The third-order valence-corrected chi connectivity index (χ3v) is 7.05. The highest BCUT2D eigenvalue weighted by Crippen LogP contribution is 2.29. The number of nitrogens with one attached hydrogen (secondary N) is 1. The molecule has 1 fully saturated rings. The largest absolute Gasteiger partial charge is 0.351 e. The zero-order chi connectivity index (χ0) is 17.5. The van der Waals surface area contributed by atoms with Crippen LogP contribution in [0.5, 0.6) is 0 Å². The van der Waals surface area contributed by atoms with E-state index in [0.29, 0.717) is 19.3 Å². The van der Waals surface area contributed by atoms with Crippen LogP contribution in [0.15, 0.2) is 6.20 Å². The molecule has 1 unspecified atom stereocenters. The Morgan fingerprint density at radius 3 is 2.67 bits per heavy atom. The van der Waals surface area contributed by atoms with E-state index in [1.54, 1.807) is 0 Å². The summed E-state index contributed by atoms with van der Waals surface area (Å²) in [5.74, 6) is 0.332. The number of carbonyl (C=O) groups is 1. The standard InChI is InChI=1S/C17H27N3O3S/c1-12(2)20-15-10-13(4-5-14(15)11-18-20)16(21)19-17(3)6-8-24(22,23)9-7-17/h11-13H,4-10H2,1-3H3,(H,19,21). The Morgan fingerprint density at radius 2 is 2.04 bits per heavy atom. The molecule has 0 aromatic carbocycles. The molecule has 6 nitrogen and oxygen atoms in total. The summed E-state index contributed by atoms with van der Waals surface area (Å²) in [4.78, 5) is 12.8. The van der Waals surface area contributed by atoms with Gasteiger partial charge in [-0.1, -0.05) is 0 Å². The van der Waals surface area contributed by atoms with Crippen LogP contribution in [0.3, 0.4) is 0 Å². The lowest BCUT2D eigenvalue weighted by Gasteiger charge is -2.36. The van der Waals surface area contributed by atoms with E-state index in [4.69, 9.17) is 0 Å². The molecule has 134 valence electrons. The second-order valence-corrected chi connectivity index (χ2v) is 10.1. The Balaban J connectivity index is 1.67. The average Bonchev–Trinajstić information content (AvgIpc) is 2.94. The van der Waals surface area contributed by atoms with Crippen molar-refractivity contribution in [3.8, 4) is 0 Å². The van der Waals surface area contributed by atoms with Crippen molar-refractivity contribution in [1.29, 1.82) is 0 Å². The fraction of sp³-hybridized carbons (Fsp3) is 0.765. The molecule has 1 atom stereocenters. The highest BCUT2D eigenvalue weighted by molar-refractivity contribution is 7.91. The first-order valence-electron chi connectivity index (χ1n) is 8.77. The summed E-state index contributed by atoms with van der Waals surface area (Å²) in [6.45, 7) is 6.16. The van der Waals surface area contributed by atoms with Gasteiger partial charge in [-0.25, -0.2) is 8.42 Å². The third kappa shape index (κ3) is 3.50. The lowest BCUT2D eigenvalue weighted by atomic mass is 9.85. The fourth-order valence-corrected chi connectivity index (χ4v) is 5.43. The van der Waals surface area contributed by atoms with Crippen LogP contribution < -0.4 is 5.32 Å². The molecular formula is C17H27N3O3S.